The minimum atomic E-state index is -0.549. The molecule has 1 aliphatic heterocycles. The van der Waals surface area contributed by atoms with Gasteiger partial charge in [0.05, 0.1) is 6.04 Å². The molecule has 1 aliphatic rings. The van der Waals surface area contributed by atoms with Crippen molar-refractivity contribution in [1.82, 2.24) is 10.2 Å². The molecule has 0 bridgehead atoms. The van der Waals surface area contributed by atoms with Crippen LogP contribution in [-0.4, -0.2) is 41.6 Å². The first kappa shape index (κ1) is 16.3. The molecule has 1 heterocycles. The third-order valence-electron chi connectivity index (χ3n) is 3.29. The number of benzene rings is 1. The van der Waals surface area contributed by atoms with E-state index in [0.29, 0.717) is 25.1 Å². The Morgan fingerprint density at radius 2 is 1.91 bits per heavy atom. The molecular formula is C16H21FN2O3. The van der Waals surface area contributed by atoms with Gasteiger partial charge in [-0.15, -0.1) is 0 Å². The lowest BCUT2D eigenvalue weighted by atomic mass is 10.2. The number of nitrogens with one attached hydrogen (secondary N) is 1. The lowest BCUT2D eigenvalue weighted by Crippen LogP contribution is -2.41. The zero-order valence-corrected chi connectivity index (χ0v) is 13.1. The minimum Gasteiger partial charge on any atom is -0.444 e. The topological polar surface area (TPSA) is 58.6 Å². The van der Waals surface area contributed by atoms with Crippen LogP contribution >= 0.6 is 0 Å². The molecule has 120 valence electrons. The van der Waals surface area contributed by atoms with Crippen molar-refractivity contribution in [1.29, 1.82) is 0 Å². The van der Waals surface area contributed by atoms with Crippen molar-refractivity contribution in [3.8, 4) is 0 Å². The van der Waals surface area contributed by atoms with Crippen molar-refractivity contribution in [3.05, 3.63) is 35.6 Å². The maximum absolute atomic E-state index is 12.9. The number of likely N-dealkylation sites (tertiary alicyclic amines) is 1. The monoisotopic (exact) mass is 308 g/mol. The van der Waals surface area contributed by atoms with Crippen molar-refractivity contribution in [2.45, 2.75) is 38.8 Å². The maximum Gasteiger partial charge on any atom is 0.407 e. The molecule has 0 spiro atoms. The standard InChI is InChI=1S/C16H21FN2O3/c1-16(2,3)22-15(21)18-13-8-9-19(10-13)14(20)11-4-6-12(17)7-5-11/h4-7,13H,8-10H2,1-3H3,(H,18,21). The first-order valence-electron chi connectivity index (χ1n) is 7.29. The molecule has 1 aromatic carbocycles. The van der Waals surface area contributed by atoms with E-state index in [0.717, 1.165) is 0 Å². The highest BCUT2D eigenvalue weighted by molar-refractivity contribution is 5.94. The van der Waals surface area contributed by atoms with Crippen LogP contribution in [0.5, 0.6) is 0 Å². The summed E-state index contributed by atoms with van der Waals surface area (Å²) in [4.78, 5) is 25.6. The van der Waals surface area contributed by atoms with Crippen LogP contribution in [0.1, 0.15) is 37.6 Å². The SMILES string of the molecule is CC(C)(C)OC(=O)NC1CCN(C(=O)c2ccc(F)cc2)C1. The van der Waals surface area contributed by atoms with Gasteiger partial charge in [-0.2, -0.15) is 0 Å². The molecule has 5 nitrogen and oxygen atoms in total. The Bertz CT molecular complexity index is 552. The quantitative estimate of drug-likeness (QED) is 0.913. The Kier molecular flexibility index (Phi) is 4.68. The van der Waals surface area contributed by atoms with Crippen molar-refractivity contribution >= 4 is 12.0 Å². The number of nitrogens with zero attached hydrogens (tertiary/aromatic N) is 1. The Morgan fingerprint density at radius 1 is 1.27 bits per heavy atom. The summed E-state index contributed by atoms with van der Waals surface area (Å²) in [6.07, 6.45) is 0.195. The fourth-order valence-electron chi connectivity index (χ4n) is 2.31. The molecule has 1 N–H and O–H groups in total. The van der Waals surface area contributed by atoms with E-state index in [1.54, 1.807) is 25.7 Å². The van der Waals surface area contributed by atoms with Gasteiger partial charge < -0.3 is 15.0 Å². The van der Waals surface area contributed by atoms with Gasteiger partial charge in [0.15, 0.2) is 0 Å². The first-order chi connectivity index (χ1) is 10.2. The number of alkyl carbamates (subject to hydrolysis) is 1. The molecule has 1 fully saturated rings. The predicted octanol–water partition coefficient (Wildman–Crippen LogP) is 2.56. The molecule has 2 amide bonds. The van der Waals surface area contributed by atoms with Crippen LogP contribution in [0.4, 0.5) is 9.18 Å². The highest BCUT2D eigenvalue weighted by Crippen LogP contribution is 2.15. The zero-order valence-electron chi connectivity index (χ0n) is 13.1. The molecular weight excluding hydrogens is 287 g/mol. The molecule has 22 heavy (non-hydrogen) atoms. The predicted molar refractivity (Wildman–Crippen MR) is 80.1 cm³/mol. The van der Waals surface area contributed by atoms with E-state index in [-0.39, 0.29) is 17.8 Å². The normalized spacial score (nSPS) is 18.2. The van der Waals surface area contributed by atoms with Crippen LogP contribution in [0, 0.1) is 5.82 Å². The summed E-state index contributed by atoms with van der Waals surface area (Å²) < 4.78 is 18.1. The Labute approximate surface area is 129 Å². The summed E-state index contributed by atoms with van der Waals surface area (Å²) >= 11 is 0. The highest BCUT2D eigenvalue weighted by atomic mass is 19.1. The number of carbonyl (C=O) groups excluding carboxylic acids is 2. The lowest BCUT2D eigenvalue weighted by molar-refractivity contribution is 0.0502. The van der Waals surface area contributed by atoms with E-state index in [4.69, 9.17) is 4.74 Å². The highest BCUT2D eigenvalue weighted by Gasteiger charge is 2.29. The van der Waals surface area contributed by atoms with Gasteiger partial charge in [0.25, 0.3) is 5.91 Å². The van der Waals surface area contributed by atoms with Crippen molar-refractivity contribution in [3.63, 3.8) is 0 Å². The van der Waals surface area contributed by atoms with Crippen LogP contribution in [0.3, 0.4) is 0 Å². The Hall–Kier alpha value is -2.11. The summed E-state index contributed by atoms with van der Waals surface area (Å²) in [5.41, 5.74) is -0.105. The van der Waals surface area contributed by atoms with Gasteiger partial charge in [-0.3, -0.25) is 4.79 Å². The minimum absolute atomic E-state index is 0.126. The maximum atomic E-state index is 12.9. The average molecular weight is 308 g/mol. The van der Waals surface area contributed by atoms with Crippen LogP contribution in [0.25, 0.3) is 0 Å². The molecule has 1 atom stereocenters. The van der Waals surface area contributed by atoms with E-state index in [1.165, 1.54) is 24.3 Å². The lowest BCUT2D eigenvalue weighted by Gasteiger charge is -2.22. The van der Waals surface area contributed by atoms with Gasteiger partial charge >= 0.3 is 6.09 Å². The summed E-state index contributed by atoms with van der Waals surface area (Å²) in [5.74, 6) is -0.532. The molecule has 0 radical (unpaired) electrons. The Morgan fingerprint density at radius 3 is 2.50 bits per heavy atom. The summed E-state index contributed by atoms with van der Waals surface area (Å²) in [6.45, 7) is 6.37. The number of halogens is 1. The number of rotatable bonds is 2. The van der Waals surface area contributed by atoms with E-state index < -0.39 is 11.7 Å². The summed E-state index contributed by atoms with van der Waals surface area (Å²) in [6, 6.07) is 5.33. The van der Waals surface area contributed by atoms with Crippen molar-refractivity contribution < 1.29 is 18.7 Å². The van der Waals surface area contributed by atoms with Gasteiger partial charge in [0, 0.05) is 18.7 Å². The van der Waals surface area contributed by atoms with Crippen LogP contribution < -0.4 is 5.32 Å². The fourth-order valence-corrected chi connectivity index (χ4v) is 2.31. The smallest absolute Gasteiger partial charge is 0.407 e. The molecule has 2 rings (SSSR count). The third-order valence-corrected chi connectivity index (χ3v) is 3.29. The zero-order chi connectivity index (χ0) is 16.3. The second-order valence-corrected chi connectivity index (χ2v) is 6.39. The molecule has 1 unspecified atom stereocenters. The third kappa shape index (κ3) is 4.44. The summed E-state index contributed by atoms with van der Waals surface area (Å²) in [7, 11) is 0. The molecule has 1 aromatic rings. The van der Waals surface area contributed by atoms with Gasteiger partial charge in [-0.25, -0.2) is 9.18 Å². The second kappa shape index (κ2) is 6.34. The number of hydrogen-bond donors (Lipinski definition) is 1. The van der Waals surface area contributed by atoms with E-state index in [2.05, 4.69) is 5.32 Å². The van der Waals surface area contributed by atoms with Gasteiger partial charge in [0.1, 0.15) is 11.4 Å². The van der Waals surface area contributed by atoms with E-state index >= 15 is 0 Å². The first-order valence-corrected chi connectivity index (χ1v) is 7.29. The van der Waals surface area contributed by atoms with E-state index in [9.17, 15) is 14.0 Å². The fraction of sp³-hybridized carbons (Fsp3) is 0.500. The number of ether oxygens (including phenoxy) is 1. The molecule has 6 heteroatoms. The van der Waals surface area contributed by atoms with Crippen molar-refractivity contribution in [2.24, 2.45) is 0 Å². The summed E-state index contributed by atoms with van der Waals surface area (Å²) in [5, 5.41) is 2.77. The number of carbonyl (C=O) groups is 2. The van der Waals surface area contributed by atoms with Gasteiger partial charge in [0.2, 0.25) is 0 Å². The number of hydrogen-bond acceptors (Lipinski definition) is 3. The van der Waals surface area contributed by atoms with Gasteiger partial charge in [-0.05, 0) is 51.5 Å². The van der Waals surface area contributed by atoms with Crippen LogP contribution in [0.15, 0.2) is 24.3 Å². The second-order valence-electron chi connectivity index (χ2n) is 6.39. The van der Waals surface area contributed by atoms with E-state index in [1.807, 2.05) is 0 Å². The molecule has 0 saturated carbocycles. The molecule has 0 aliphatic carbocycles. The van der Waals surface area contributed by atoms with Crippen LogP contribution in [0.2, 0.25) is 0 Å². The number of amides is 2. The largest absolute Gasteiger partial charge is 0.444 e. The Balaban J connectivity index is 1.88. The van der Waals surface area contributed by atoms with Crippen molar-refractivity contribution in [2.75, 3.05) is 13.1 Å². The van der Waals surface area contributed by atoms with Gasteiger partial charge in [-0.1, -0.05) is 0 Å². The average Bonchev–Trinajstić information content (AvgIpc) is 2.85. The molecule has 1 saturated heterocycles. The van der Waals surface area contributed by atoms with Crippen LogP contribution in [-0.2, 0) is 4.74 Å². The molecule has 0 aromatic heterocycles.